The third kappa shape index (κ3) is 4.44. The molecule has 1 aliphatic rings. The van der Waals surface area contributed by atoms with Gasteiger partial charge in [-0.05, 0) is 49.3 Å². The van der Waals surface area contributed by atoms with Crippen LogP contribution >= 0.6 is 0 Å². The molecule has 0 unspecified atom stereocenters. The number of nitrogens with one attached hydrogen (secondary N) is 1. The summed E-state index contributed by atoms with van der Waals surface area (Å²) >= 11 is 0. The van der Waals surface area contributed by atoms with Gasteiger partial charge in [-0.25, -0.2) is 4.98 Å². The molecule has 2 aromatic carbocycles. The van der Waals surface area contributed by atoms with Gasteiger partial charge in [-0.2, -0.15) is 0 Å². The highest BCUT2D eigenvalue weighted by Gasteiger charge is 2.28. The van der Waals surface area contributed by atoms with Crippen molar-refractivity contribution in [1.29, 1.82) is 0 Å². The van der Waals surface area contributed by atoms with E-state index < -0.39 is 0 Å². The van der Waals surface area contributed by atoms with Crippen LogP contribution in [0.15, 0.2) is 65.7 Å². The molecule has 1 aromatic heterocycles. The van der Waals surface area contributed by atoms with E-state index in [4.69, 9.17) is 0 Å². The minimum Gasteiger partial charge on any atom is -0.394 e. The van der Waals surface area contributed by atoms with E-state index in [1.54, 1.807) is 10.9 Å². The summed E-state index contributed by atoms with van der Waals surface area (Å²) in [6, 6.07) is 16.6. The SMILES string of the molecule is O=C(N[C@H](CO)c1ccccc1)C1CCC(Cn2cnc3ccccc3c2=O)CC1. The van der Waals surface area contributed by atoms with Gasteiger partial charge in [0.1, 0.15) is 0 Å². The van der Waals surface area contributed by atoms with Crippen molar-refractivity contribution in [3.8, 4) is 0 Å². The van der Waals surface area contributed by atoms with Crippen molar-refractivity contribution in [3.63, 3.8) is 0 Å². The van der Waals surface area contributed by atoms with Gasteiger partial charge in [-0.1, -0.05) is 42.5 Å². The van der Waals surface area contributed by atoms with Crippen molar-refractivity contribution in [2.24, 2.45) is 11.8 Å². The monoisotopic (exact) mass is 405 g/mol. The molecule has 3 aromatic rings. The van der Waals surface area contributed by atoms with Crippen LogP contribution in [-0.4, -0.2) is 27.2 Å². The number of carbonyl (C=O) groups excluding carboxylic acids is 1. The molecule has 0 bridgehead atoms. The summed E-state index contributed by atoms with van der Waals surface area (Å²) in [6.07, 6.45) is 5.01. The Morgan fingerprint density at radius 3 is 2.50 bits per heavy atom. The van der Waals surface area contributed by atoms with Crippen LogP contribution in [0.25, 0.3) is 10.9 Å². The number of aromatic nitrogens is 2. The summed E-state index contributed by atoms with van der Waals surface area (Å²) in [5.41, 5.74) is 1.62. The zero-order valence-corrected chi connectivity index (χ0v) is 16.9. The zero-order chi connectivity index (χ0) is 20.9. The number of para-hydroxylation sites is 1. The van der Waals surface area contributed by atoms with Crippen molar-refractivity contribution in [1.82, 2.24) is 14.9 Å². The number of benzene rings is 2. The Labute approximate surface area is 175 Å². The number of hydrogen-bond donors (Lipinski definition) is 2. The Hall–Kier alpha value is -2.99. The summed E-state index contributed by atoms with van der Waals surface area (Å²) < 4.78 is 1.70. The number of carbonyl (C=O) groups is 1. The number of nitrogens with zero attached hydrogens (tertiary/aromatic N) is 2. The number of aliphatic hydroxyl groups excluding tert-OH is 1. The molecule has 6 nitrogen and oxygen atoms in total. The molecular weight excluding hydrogens is 378 g/mol. The molecule has 1 aliphatic carbocycles. The van der Waals surface area contributed by atoms with Crippen LogP contribution < -0.4 is 10.9 Å². The van der Waals surface area contributed by atoms with E-state index in [0.29, 0.717) is 17.8 Å². The fraction of sp³-hybridized carbons (Fsp3) is 0.375. The van der Waals surface area contributed by atoms with Crippen LogP contribution in [-0.2, 0) is 11.3 Å². The largest absolute Gasteiger partial charge is 0.394 e. The Morgan fingerprint density at radius 2 is 1.77 bits per heavy atom. The van der Waals surface area contributed by atoms with Gasteiger partial charge >= 0.3 is 0 Å². The second-order valence-electron chi connectivity index (χ2n) is 8.09. The van der Waals surface area contributed by atoms with Gasteiger partial charge in [-0.15, -0.1) is 0 Å². The first-order chi connectivity index (χ1) is 14.7. The van der Waals surface area contributed by atoms with Crippen LogP contribution in [0.5, 0.6) is 0 Å². The van der Waals surface area contributed by atoms with E-state index in [9.17, 15) is 14.7 Å². The minimum atomic E-state index is -0.376. The maximum atomic E-state index is 12.7. The standard InChI is InChI=1S/C24H27N3O3/c28-15-22(18-6-2-1-3-7-18)26-23(29)19-12-10-17(11-13-19)14-27-16-25-21-9-5-4-8-20(21)24(27)30/h1-9,16-17,19,22,28H,10-15H2,(H,26,29)/t17?,19?,22-/m1/s1. The highest BCUT2D eigenvalue weighted by molar-refractivity contribution is 5.79. The summed E-state index contributed by atoms with van der Waals surface area (Å²) in [5.74, 6) is 0.309. The zero-order valence-electron chi connectivity index (χ0n) is 16.9. The molecule has 30 heavy (non-hydrogen) atoms. The van der Waals surface area contributed by atoms with E-state index >= 15 is 0 Å². The summed E-state index contributed by atoms with van der Waals surface area (Å²) in [6.45, 7) is 0.511. The van der Waals surface area contributed by atoms with Crippen LogP contribution in [0.3, 0.4) is 0 Å². The van der Waals surface area contributed by atoms with Gasteiger partial charge in [0.25, 0.3) is 5.56 Å². The molecule has 1 fully saturated rings. The van der Waals surface area contributed by atoms with Crippen molar-refractivity contribution in [2.45, 2.75) is 38.3 Å². The first-order valence-corrected chi connectivity index (χ1v) is 10.6. The maximum absolute atomic E-state index is 12.7. The van der Waals surface area contributed by atoms with E-state index in [-0.39, 0.29) is 30.0 Å². The predicted molar refractivity (Wildman–Crippen MR) is 116 cm³/mol. The van der Waals surface area contributed by atoms with Crippen molar-refractivity contribution < 1.29 is 9.90 Å². The lowest BCUT2D eigenvalue weighted by Gasteiger charge is -2.29. The second-order valence-corrected chi connectivity index (χ2v) is 8.09. The van der Waals surface area contributed by atoms with Gasteiger partial charge in [0.2, 0.25) is 5.91 Å². The molecule has 4 rings (SSSR count). The van der Waals surface area contributed by atoms with Crippen molar-refractivity contribution >= 4 is 16.8 Å². The summed E-state index contributed by atoms with van der Waals surface area (Å²) in [4.78, 5) is 29.8. The normalized spacial score (nSPS) is 20.0. The molecule has 1 saturated carbocycles. The molecule has 1 heterocycles. The molecule has 0 spiro atoms. The Morgan fingerprint density at radius 1 is 1.07 bits per heavy atom. The van der Waals surface area contributed by atoms with Crippen molar-refractivity contribution in [2.75, 3.05) is 6.61 Å². The van der Waals surface area contributed by atoms with E-state index in [1.165, 1.54) is 0 Å². The predicted octanol–water partition coefficient (Wildman–Crippen LogP) is 3.05. The van der Waals surface area contributed by atoms with E-state index in [0.717, 1.165) is 36.8 Å². The third-order valence-corrected chi connectivity index (χ3v) is 6.10. The molecule has 1 amide bonds. The molecule has 0 aliphatic heterocycles. The summed E-state index contributed by atoms with van der Waals surface area (Å²) in [7, 11) is 0. The smallest absolute Gasteiger partial charge is 0.261 e. The summed E-state index contributed by atoms with van der Waals surface area (Å²) in [5, 5.41) is 13.3. The molecule has 2 N–H and O–H groups in total. The average molecular weight is 405 g/mol. The van der Waals surface area contributed by atoms with Crippen LogP contribution in [0.1, 0.15) is 37.3 Å². The van der Waals surface area contributed by atoms with E-state index in [2.05, 4.69) is 10.3 Å². The fourth-order valence-electron chi connectivity index (χ4n) is 4.33. The average Bonchev–Trinajstić information content (AvgIpc) is 2.80. The van der Waals surface area contributed by atoms with Gasteiger partial charge in [0.15, 0.2) is 0 Å². The van der Waals surface area contributed by atoms with Gasteiger partial charge in [-0.3, -0.25) is 14.2 Å². The van der Waals surface area contributed by atoms with Crippen LogP contribution in [0.4, 0.5) is 0 Å². The molecule has 0 saturated heterocycles. The topological polar surface area (TPSA) is 84.2 Å². The maximum Gasteiger partial charge on any atom is 0.261 e. The Bertz CT molecular complexity index is 1060. The molecule has 6 heteroatoms. The van der Waals surface area contributed by atoms with Crippen molar-refractivity contribution in [3.05, 3.63) is 76.8 Å². The fourth-order valence-corrected chi connectivity index (χ4v) is 4.33. The first-order valence-electron chi connectivity index (χ1n) is 10.6. The lowest BCUT2D eigenvalue weighted by molar-refractivity contribution is -0.127. The van der Waals surface area contributed by atoms with Gasteiger partial charge in [0.05, 0.1) is 29.9 Å². The van der Waals surface area contributed by atoms with Crippen LogP contribution in [0.2, 0.25) is 0 Å². The third-order valence-electron chi connectivity index (χ3n) is 6.10. The highest BCUT2D eigenvalue weighted by Crippen LogP contribution is 2.30. The number of amides is 1. The Balaban J connectivity index is 1.34. The number of hydrogen-bond acceptors (Lipinski definition) is 4. The molecular formula is C24H27N3O3. The Kier molecular flexibility index (Phi) is 6.23. The molecule has 0 radical (unpaired) electrons. The lowest BCUT2D eigenvalue weighted by atomic mass is 9.81. The minimum absolute atomic E-state index is 0.000826. The van der Waals surface area contributed by atoms with Crippen LogP contribution in [0, 0.1) is 11.8 Å². The molecule has 1 atom stereocenters. The molecule has 156 valence electrons. The van der Waals surface area contributed by atoms with Gasteiger partial charge in [0, 0.05) is 12.5 Å². The van der Waals surface area contributed by atoms with E-state index in [1.807, 2.05) is 54.6 Å². The number of fused-ring (bicyclic) bond motifs is 1. The van der Waals surface area contributed by atoms with Gasteiger partial charge < -0.3 is 10.4 Å². The first kappa shape index (κ1) is 20.3. The highest BCUT2D eigenvalue weighted by atomic mass is 16.3. The lowest BCUT2D eigenvalue weighted by Crippen LogP contribution is -2.37. The number of aliphatic hydroxyl groups is 1. The second kappa shape index (κ2) is 9.22. The number of rotatable bonds is 6. The quantitative estimate of drug-likeness (QED) is 0.660.